The molecule has 0 radical (unpaired) electrons. The Bertz CT molecular complexity index is 1100. The largest absolute Gasteiger partial charge is 0.497 e. The first-order valence-corrected chi connectivity index (χ1v) is 9.46. The Kier molecular flexibility index (Phi) is 5.32. The SMILES string of the molecule is COc1cc(F)c([N+](=O)[O-])c(N2CCN(Cc3nc(N)c4ccccc4n3)CC2)c1. The second-order valence-electron chi connectivity index (χ2n) is 7.04. The standard InChI is InChI=1S/C20H21FN6O3/c1-30-13-10-15(21)19(27(28)29)17(11-13)26-8-6-25(7-9-26)12-18-23-16-5-3-2-4-14(16)20(22)24-18/h2-5,10-11H,6-9,12H2,1H3,(H2,22,23,24). The first-order valence-electron chi connectivity index (χ1n) is 9.46. The number of para-hydroxylation sites is 1. The summed E-state index contributed by atoms with van der Waals surface area (Å²) in [5, 5.41) is 12.2. The van der Waals surface area contributed by atoms with Gasteiger partial charge in [0.05, 0.1) is 24.1 Å². The fourth-order valence-corrected chi connectivity index (χ4v) is 3.67. The highest BCUT2D eigenvalue weighted by atomic mass is 19.1. The van der Waals surface area contributed by atoms with Crippen LogP contribution >= 0.6 is 0 Å². The average Bonchev–Trinajstić information content (AvgIpc) is 2.73. The molecular weight excluding hydrogens is 391 g/mol. The summed E-state index contributed by atoms with van der Waals surface area (Å²) < 4.78 is 19.3. The molecule has 1 aromatic heterocycles. The molecule has 9 nitrogen and oxygen atoms in total. The minimum Gasteiger partial charge on any atom is -0.497 e. The van der Waals surface area contributed by atoms with Gasteiger partial charge in [0.2, 0.25) is 5.82 Å². The number of anilines is 2. The average molecular weight is 412 g/mol. The summed E-state index contributed by atoms with van der Waals surface area (Å²) in [6, 6.07) is 10.1. The maximum atomic E-state index is 14.2. The van der Waals surface area contributed by atoms with E-state index in [1.54, 1.807) is 4.90 Å². The van der Waals surface area contributed by atoms with Crippen LogP contribution in [-0.4, -0.2) is 53.1 Å². The van der Waals surface area contributed by atoms with E-state index < -0.39 is 16.4 Å². The van der Waals surface area contributed by atoms with Crippen molar-refractivity contribution in [2.45, 2.75) is 6.54 Å². The van der Waals surface area contributed by atoms with E-state index in [0.29, 0.717) is 44.4 Å². The molecule has 1 saturated heterocycles. The van der Waals surface area contributed by atoms with E-state index in [1.807, 2.05) is 24.3 Å². The molecule has 2 aromatic carbocycles. The Morgan fingerprint density at radius 3 is 2.63 bits per heavy atom. The van der Waals surface area contributed by atoms with Crippen LogP contribution in [0.5, 0.6) is 5.75 Å². The van der Waals surface area contributed by atoms with Gasteiger partial charge >= 0.3 is 5.69 Å². The van der Waals surface area contributed by atoms with Crippen LogP contribution < -0.4 is 15.4 Å². The van der Waals surface area contributed by atoms with E-state index in [4.69, 9.17) is 10.5 Å². The molecule has 4 rings (SSSR count). The number of rotatable bonds is 5. The molecule has 0 atom stereocenters. The zero-order valence-corrected chi connectivity index (χ0v) is 16.4. The number of ether oxygens (including phenoxy) is 1. The molecule has 30 heavy (non-hydrogen) atoms. The van der Waals surface area contributed by atoms with Gasteiger partial charge < -0.3 is 15.4 Å². The molecule has 156 valence electrons. The number of hydrogen-bond donors (Lipinski definition) is 1. The van der Waals surface area contributed by atoms with Crippen molar-refractivity contribution >= 4 is 28.1 Å². The van der Waals surface area contributed by atoms with E-state index in [9.17, 15) is 14.5 Å². The minimum atomic E-state index is -0.906. The van der Waals surface area contributed by atoms with Gasteiger partial charge in [0.15, 0.2) is 0 Å². The number of fused-ring (bicyclic) bond motifs is 1. The number of nitrogens with two attached hydrogens (primary N) is 1. The Hall–Kier alpha value is -3.53. The normalized spacial score (nSPS) is 14.8. The molecule has 2 N–H and O–H groups in total. The number of benzene rings is 2. The topological polar surface area (TPSA) is 111 Å². The van der Waals surface area contributed by atoms with Crippen molar-refractivity contribution in [2.24, 2.45) is 0 Å². The number of nitrogen functional groups attached to an aromatic ring is 1. The smallest absolute Gasteiger partial charge is 0.328 e. The van der Waals surface area contributed by atoms with Crippen molar-refractivity contribution in [1.82, 2.24) is 14.9 Å². The lowest BCUT2D eigenvalue weighted by atomic mass is 10.2. The fourth-order valence-electron chi connectivity index (χ4n) is 3.67. The van der Waals surface area contributed by atoms with Crippen LogP contribution in [0, 0.1) is 15.9 Å². The third-order valence-electron chi connectivity index (χ3n) is 5.19. The lowest BCUT2D eigenvalue weighted by molar-refractivity contribution is -0.386. The Labute approximate surface area is 172 Å². The van der Waals surface area contributed by atoms with Crippen LogP contribution in [0.4, 0.5) is 21.6 Å². The van der Waals surface area contributed by atoms with Gasteiger partial charge in [0, 0.05) is 43.7 Å². The summed E-state index contributed by atoms with van der Waals surface area (Å²) in [7, 11) is 1.40. The van der Waals surface area contributed by atoms with Crippen LogP contribution in [0.15, 0.2) is 36.4 Å². The summed E-state index contributed by atoms with van der Waals surface area (Å²) >= 11 is 0. The minimum absolute atomic E-state index is 0.225. The Morgan fingerprint density at radius 1 is 1.20 bits per heavy atom. The summed E-state index contributed by atoms with van der Waals surface area (Å²) in [5.41, 5.74) is 6.54. The van der Waals surface area contributed by atoms with E-state index in [-0.39, 0.29) is 11.4 Å². The summed E-state index contributed by atoms with van der Waals surface area (Å²) in [6.45, 7) is 2.74. The number of piperazine rings is 1. The van der Waals surface area contributed by atoms with E-state index in [1.165, 1.54) is 13.2 Å². The molecule has 0 aliphatic carbocycles. The molecule has 10 heteroatoms. The van der Waals surface area contributed by atoms with Gasteiger partial charge in [-0.05, 0) is 12.1 Å². The van der Waals surface area contributed by atoms with Gasteiger partial charge in [-0.15, -0.1) is 0 Å². The Balaban J connectivity index is 1.50. The predicted octanol–water partition coefficient (Wildman–Crippen LogP) is 2.59. The van der Waals surface area contributed by atoms with E-state index >= 15 is 0 Å². The predicted molar refractivity (Wildman–Crippen MR) is 111 cm³/mol. The summed E-state index contributed by atoms with van der Waals surface area (Å²) in [5.74, 6) is 0.405. The molecule has 2 heterocycles. The molecule has 0 spiro atoms. The van der Waals surface area contributed by atoms with Crippen LogP contribution in [0.25, 0.3) is 10.9 Å². The number of aromatic nitrogens is 2. The third kappa shape index (κ3) is 3.81. The summed E-state index contributed by atoms with van der Waals surface area (Å²) in [4.78, 5) is 23.6. The van der Waals surface area contributed by atoms with Gasteiger partial charge in [-0.2, -0.15) is 4.39 Å². The molecule has 0 unspecified atom stereocenters. The molecule has 0 saturated carbocycles. The molecular formula is C20H21FN6O3. The van der Waals surface area contributed by atoms with Crippen molar-refractivity contribution in [3.63, 3.8) is 0 Å². The van der Waals surface area contributed by atoms with Gasteiger partial charge in [-0.3, -0.25) is 15.0 Å². The van der Waals surface area contributed by atoms with Gasteiger partial charge in [-0.1, -0.05) is 12.1 Å². The number of nitro benzene ring substituents is 1. The first kappa shape index (κ1) is 19.8. The van der Waals surface area contributed by atoms with Crippen molar-refractivity contribution in [3.8, 4) is 5.75 Å². The van der Waals surface area contributed by atoms with E-state index in [2.05, 4.69) is 14.9 Å². The zero-order valence-electron chi connectivity index (χ0n) is 16.4. The van der Waals surface area contributed by atoms with Crippen molar-refractivity contribution in [2.75, 3.05) is 43.9 Å². The molecule has 1 aliphatic rings. The van der Waals surface area contributed by atoms with Crippen LogP contribution in [0.2, 0.25) is 0 Å². The zero-order chi connectivity index (χ0) is 21.3. The fraction of sp³-hybridized carbons (Fsp3) is 0.300. The summed E-state index contributed by atoms with van der Waals surface area (Å²) in [6.07, 6.45) is 0. The number of methoxy groups -OCH3 is 1. The van der Waals surface area contributed by atoms with Crippen LogP contribution in [-0.2, 0) is 6.54 Å². The first-order chi connectivity index (χ1) is 14.5. The number of nitro groups is 1. The van der Waals surface area contributed by atoms with Crippen LogP contribution in [0.1, 0.15) is 5.82 Å². The second-order valence-corrected chi connectivity index (χ2v) is 7.04. The molecule has 0 amide bonds. The van der Waals surface area contributed by atoms with Crippen molar-refractivity contribution < 1.29 is 14.1 Å². The quantitative estimate of drug-likeness (QED) is 0.503. The van der Waals surface area contributed by atoms with Crippen LogP contribution in [0.3, 0.4) is 0 Å². The van der Waals surface area contributed by atoms with Gasteiger partial charge in [0.25, 0.3) is 0 Å². The maximum Gasteiger partial charge on any atom is 0.328 e. The molecule has 1 fully saturated rings. The monoisotopic (exact) mass is 412 g/mol. The van der Waals surface area contributed by atoms with Gasteiger partial charge in [0.1, 0.15) is 23.1 Å². The third-order valence-corrected chi connectivity index (χ3v) is 5.19. The molecule has 1 aliphatic heterocycles. The molecule has 0 bridgehead atoms. The second kappa shape index (κ2) is 8.07. The number of hydrogen-bond acceptors (Lipinski definition) is 8. The lowest BCUT2D eigenvalue weighted by Crippen LogP contribution is -2.46. The van der Waals surface area contributed by atoms with Crippen molar-refractivity contribution in [3.05, 3.63) is 58.2 Å². The Morgan fingerprint density at radius 2 is 1.93 bits per heavy atom. The number of halogens is 1. The highest BCUT2D eigenvalue weighted by Crippen LogP contribution is 2.35. The highest BCUT2D eigenvalue weighted by Gasteiger charge is 2.28. The lowest BCUT2D eigenvalue weighted by Gasteiger charge is -2.35. The highest BCUT2D eigenvalue weighted by molar-refractivity contribution is 5.87. The van der Waals surface area contributed by atoms with E-state index in [0.717, 1.165) is 17.0 Å². The van der Waals surface area contributed by atoms with Crippen molar-refractivity contribution in [1.29, 1.82) is 0 Å². The maximum absolute atomic E-state index is 14.2. The molecule has 3 aromatic rings. The number of nitrogens with zero attached hydrogens (tertiary/aromatic N) is 5. The van der Waals surface area contributed by atoms with Gasteiger partial charge in [-0.25, -0.2) is 9.97 Å².